The van der Waals surface area contributed by atoms with Crippen LogP contribution in [0.25, 0.3) is 0 Å². The second-order valence-corrected chi connectivity index (χ2v) is 2.42. The predicted molar refractivity (Wildman–Crippen MR) is 39.9 cm³/mol. The average molecular weight is 233 g/mol. The molecule has 0 aliphatic carbocycles. The summed E-state index contributed by atoms with van der Waals surface area (Å²) in [4.78, 5) is 10.5. The second kappa shape index (κ2) is 4.45. The van der Waals surface area contributed by atoms with Crippen LogP contribution in [-0.2, 0) is 9.53 Å². The van der Waals surface area contributed by atoms with Gasteiger partial charge in [-0.05, 0) is 6.92 Å². The van der Waals surface area contributed by atoms with Gasteiger partial charge < -0.3 is 10.5 Å². The van der Waals surface area contributed by atoms with E-state index in [0.717, 1.165) is 0 Å². The summed E-state index contributed by atoms with van der Waals surface area (Å²) in [6, 6.07) is 0. The molecule has 0 aromatic carbocycles. The van der Waals surface area contributed by atoms with E-state index in [-0.39, 0.29) is 12.7 Å². The highest BCUT2D eigenvalue weighted by Gasteiger charge is 2.59. The molecule has 0 aliphatic rings. The Kier molecular flexibility index (Phi) is 4.06. The largest absolute Gasteiger partial charge is 0.463 e. The lowest BCUT2D eigenvalue weighted by Gasteiger charge is -2.19. The third-order valence-corrected chi connectivity index (χ3v) is 1.28. The zero-order chi connectivity index (χ0) is 12.3. The number of ether oxygens (including phenoxy) is 1. The second-order valence-electron chi connectivity index (χ2n) is 2.42. The van der Waals surface area contributed by atoms with E-state index in [2.05, 4.69) is 10.5 Å². The predicted octanol–water partition coefficient (Wildman–Crippen LogP) is 1.59. The maximum atomic E-state index is 12.4. The molecular weight excluding hydrogens is 225 g/mol. The molecule has 0 radical (unpaired) electrons. The molecule has 0 heterocycles. The van der Waals surface area contributed by atoms with Crippen molar-refractivity contribution in [2.75, 3.05) is 6.61 Å². The van der Waals surface area contributed by atoms with Crippen molar-refractivity contribution >= 4 is 5.97 Å². The number of halogens is 5. The van der Waals surface area contributed by atoms with E-state index in [9.17, 15) is 26.7 Å². The van der Waals surface area contributed by atoms with Gasteiger partial charge >= 0.3 is 18.1 Å². The van der Waals surface area contributed by atoms with Crippen molar-refractivity contribution < 1.29 is 31.5 Å². The number of allylic oxidation sites excluding steroid dienone is 1. The summed E-state index contributed by atoms with van der Waals surface area (Å²) in [5.41, 5.74) is 2.56. The summed E-state index contributed by atoms with van der Waals surface area (Å²) in [6.45, 7) is 1.21. The first-order valence-electron chi connectivity index (χ1n) is 3.71. The molecule has 0 saturated heterocycles. The first-order chi connectivity index (χ1) is 6.63. The number of hydrogen-bond donors (Lipinski definition) is 1. The van der Waals surface area contributed by atoms with Gasteiger partial charge in [0, 0.05) is 6.08 Å². The SMILES string of the molecule is CCOC(=O)/C=C(/N)C(F)(F)C(F)(F)F. The Labute approximate surface area is 81.7 Å². The summed E-state index contributed by atoms with van der Waals surface area (Å²) in [6.07, 6.45) is -5.92. The van der Waals surface area contributed by atoms with Gasteiger partial charge in [0.05, 0.1) is 12.3 Å². The lowest BCUT2D eigenvalue weighted by Crippen LogP contribution is -2.41. The first kappa shape index (κ1) is 13.7. The van der Waals surface area contributed by atoms with Gasteiger partial charge in [-0.25, -0.2) is 4.79 Å². The van der Waals surface area contributed by atoms with Crippen LogP contribution in [-0.4, -0.2) is 24.7 Å². The highest BCUT2D eigenvalue weighted by atomic mass is 19.4. The Balaban J connectivity index is 4.84. The number of alkyl halides is 5. The van der Waals surface area contributed by atoms with Crippen LogP contribution in [0.15, 0.2) is 11.8 Å². The summed E-state index contributed by atoms with van der Waals surface area (Å²) < 4.78 is 64.0. The van der Waals surface area contributed by atoms with Crippen LogP contribution in [0.4, 0.5) is 22.0 Å². The van der Waals surface area contributed by atoms with Gasteiger partial charge in [0.15, 0.2) is 0 Å². The lowest BCUT2D eigenvalue weighted by molar-refractivity contribution is -0.264. The Morgan fingerprint density at radius 2 is 1.80 bits per heavy atom. The van der Waals surface area contributed by atoms with Crippen LogP contribution in [0.5, 0.6) is 0 Å². The van der Waals surface area contributed by atoms with Gasteiger partial charge in [-0.2, -0.15) is 22.0 Å². The fraction of sp³-hybridized carbons (Fsp3) is 0.571. The number of rotatable bonds is 3. The van der Waals surface area contributed by atoms with E-state index >= 15 is 0 Å². The van der Waals surface area contributed by atoms with Crippen LogP contribution in [0.1, 0.15) is 6.92 Å². The van der Waals surface area contributed by atoms with E-state index in [1.807, 2.05) is 0 Å². The van der Waals surface area contributed by atoms with Crippen LogP contribution in [0.3, 0.4) is 0 Å². The van der Waals surface area contributed by atoms with Crippen LogP contribution < -0.4 is 5.73 Å². The highest BCUT2D eigenvalue weighted by molar-refractivity contribution is 5.82. The molecule has 0 atom stereocenters. The molecule has 8 heteroatoms. The molecule has 88 valence electrons. The van der Waals surface area contributed by atoms with Gasteiger partial charge in [-0.15, -0.1) is 0 Å². The fourth-order valence-corrected chi connectivity index (χ4v) is 0.565. The Morgan fingerprint density at radius 1 is 1.33 bits per heavy atom. The van der Waals surface area contributed by atoms with E-state index in [0.29, 0.717) is 0 Å². The van der Waals surface area contributed by atoms with E-state index < -0.39 is 23.8 Å². The molecule has 0 aliphatic heterocycles. The van der Waals surface area contributed by atoms with Crippen molar-refractivity contribution in [3.8, 4) is 0 Å². The number of carbonyl (C=O) groups is 1. The zero-order valence-electron chi connectivity index (χ0n) is 7.57. The molecule has 0 saturated carbocycles. The van der Waals surface area contributed by atoms with Crippen LogP contribution in [0.2, 0.25) is 0 Å². The number of hydrogen-bond acceptors (Lipinski definition) is 3. The van der Waals surface area contributed by atoms with Crippen molar-refractivity contribution in [3.05, 3.63) is 11.8 Å². The summed E-state index contributed by atoms with van der Waals surface area (Å²) in [7, 11) is 0. The van der Waals surface area contributed by atoms with E-state index in [4.69, 9.17) is 0 Å². The average Bonchev–Trinajstić information content (AvgIpc) is 2.02. The molecule has 0 aromatic heterocycles. The smallest absolute Gasteiger partial charge is 0.459 e. The minimum Gasteiger partial charge on any atom is -0.463 e. The zero-order valence-corrected chi connectivity index (χ0v) is 7.57. The van der Waals surface area contributed by atoms with E-state index in [1.54, 1.807) is 0 Å². The molecule has 2 N–H and O–H groups in total. The summed E-state index contributed by atoms with van der Waals surface area (Å²) in [5.74, 6) is -6.58. The topological polar surface area (TPSA) is 52.3 Å². The monoisotopic (exact) mass is 233 g/mol. The van der Waals surface area contributed by atoms with Crippen molar-refractivity contribution in [1.82, 2.24) is 0 Å². The molecule has 0 amide bonds. The molecule has 15 heavy (non-hydrogen) atoms. The molecule has 0 unspecified atom stereocenters. The van der Waals surface area contributed by atoms with Crippen molar-refractivity contribution in [2.24, 2.45) is 5.73 Å². The minimum atomic E-state index is -5.83. The third-order valence-electron chi connectivity index (χ3n) is 1.28. The van der Waals surface area contributed by atoms with Crippen LogP contribution >= 0.6 is 0 Å². The van der Waals surface area contributed by atoms with Crippen molar-refractivity contribution in [1.29, 1.82) is 0 Å². The molecular formula is C7H8F5NO2. The number of carbonyl (C=O) groups excluding carboxylic acids is 1. The van der Waals surface area contributed by atoms with Gasteiger partial charge in [-0.3, -0.25) is 0 Å². The van der Waals surface area contributed by atoms with Crippen LogP contribution in [0, 0.1) is 0 Å². The highest BCUT2D eigenvalue weighted by Crippen LogP contribution is 2.38. The van der Waals surface area contributed by atoms with Gasteiger partial charge in [0.2, 0.25) is 0 Å². The molecule has 0 bridgehead atoms. The quantitative estimate of drug-likeness (QED) is 0.457. The van der Waals surface area contributed by atoms with E-state index in [1.165, 1.54) is 6.92 Å². The first-order valence-corrected chi connectivity index (χ1v) is 3.71. The Hall–Kier alpha value is -1.34. The third kappa shape index (κ3) is 3.37. The van der Waals surface area contributed by atoms with Crippen molar-refractivity contribution in [3.63, 3.8) is 0 Å². The summed E-state index contributed by atoms with van der Waals surface area (Å²) in [5, 5.41) is 0. The standard InChI is InChI=1S/C7H8F5NO2/c1-2-15-5(14)3-4(13)6(8,9)7(10,11)12/h3H,2,13H2,1H3/b4-3+. The normalized spacial score (nSPS) is 13.9. The minimum absolute atomic E-state index is 0.0863. The van der Waals surface area contributed by atoms with Gasteiger partial charge in [-0.1, -0.05) is 0 Å². The number of esters is 1. The lowest BCUT2D eigenvalue weighted by atomic mass is 10.2. The Bertz CT molecular complexity index is 271. The van der Waals surface area contributed by atoms with Gasteiger partial charge in [0.1, 0.15) is 0 Å². The molecule has 0 aromatic rings. The molecule has 0 rings (SSSR count). The number of nitrogens with two attached hydrogens (primary N) is 1. The van der Waals surface area contributed by atoms with Crippen molar-refractivity contribution in [2.45, 2.75) is 19.0 Å². The molecule has 0 fully saturated rings. The Morgan fingerprint density at radius 3 is 2.13 bits per heavy atom. The van der Waals surface area contributed by atoms with Gasteiger partial charge in [0.25, 0.3) is 0 Å². The maximum absolute atomic E-state index is 12.4. The maximum Gasteiger partial charge on any atom is 0.459 e. The fourth-order valence-electron chi connectivity index (χ4n) is 0.565. The summed E-state index contributed by atoms with van der Waals surface area (Å²) >= 11 is 0. The molecule has 0 spiro atoms. The molecule has 3 nitrogen and oxygen atoms in total.